The van der Waals surface area contributed by atoms with E-state index in [9.17, 15) is 5.21 Å². The molecule has 1 aromatic heterocycles. The fourth-order valence-electron chi connectivity index (χ4n) is 3.59. The molecule has 2 aromatic rings. The Labute approximate surface area is 176 Å². The highest BCUT2D eigenvalue weighted by Crippen LogP contribution is 2.35. The van der Waals surface area contributed by atoms with Gasteiger partial charge in [-0.1, -0.05) is 77.8 Å². The fraction of sp³-hybridized carbons (Fsp3) is 0.640. The van der Waals surface area contributed by atoms with Gasteiger partial charge in [-0.25, -0.2) is 0 Å². The van der Waals surface area contributed by atoms with Crippen LogP contribution in [-0.4, -0.2) is 13.2 Å². The van der Waals surface area contributed by atoms with Gasteiger partial charge in [0.05, 0.1) is 18.6 Å². The molecule has 0 unspecified atom stereocenters. The molecule has 0 aliphatic carbocycles. The van der Waals surface area contributed by atoms with Crippen LogP contribution >= 0.6 is 0 Å². The summed E-state index contributed by atoms with van der Waals surface area (Å²) < 4.78 is 13.1. The number of unbranched alkanes of at least 4 members (excludes halogenated alkanes) is 7. The van der Waals surface area contributed by atoms with E-state index < -0.39 is 0 Å². The highest BCUT2D eigenvalue weighted by Gasteiger charge is 2.26. The van der Waals surface area contributed by atoms with Gasteiger partial charge in [0.15, 0.2) is 0 Å². The Hall–Kier alpha value is -1.97. The largest absolute Gasteiger partial charge is 0.615 e. The zero-order chi connectivity index (χ0) is 20.9. The Balaban J connectivity index is 2.34. The van der Waals surface area contributed by atoms with Crippen molar-refractivity contribution in [2.45, 2.75) is 91.4 Å². The number of pyridine rings is 1. The van der Waals surface area contributed by atoms with Gasteiger partial charge in [-0.05, 0) is 31.7 Å². The van der Waals surface area contributed by atoms with E-state index in [1.807, 2.05) is 24.3 Å². The number of nitrogens with zero attached hydrogens (tertiary/aromatic N) is 1. The van der Waals surface area contributed by atoms with Crippen LogP contribution in [0, 0.1) is 5.21 Å². The molecular weight excluding hydrogens is 362 g/mol. The van der Waals surface area contributed by atoms with Gasteiger partial charge in [0.25, 0.3) is 0 Å². The average Bonchev–Trinajstić information content (AvgIpc) is 2.74. The second-order valence-electron chi connectivity index (χ2n) is 7.85. The van der Waals surface area contributed by atoms with Crippen LogP contribution in [0.2, 0.25) is 0 Å². The van der Waals surface area contributed by atoms with Gasteiger partial charge in [-0.15, -0.1) is 4.73 Å². The summed E-state index contributed by atoms with van der Waals surface area (Å²) in [6, 6.07) is 7.84. The van der Waals surface area contributed by atoms with E-state index >= 15 is 0 Å². The van der Waals surface area contributed by atoms with E-state index in [4.69, 9.17) is 9.47 Å². The summed E-state index contributed by atoms with van der Waals surface area (Å²) in [6.45, 7) is 7.67. The van der Waals surface area contributed by atoms with Crippen molar-refractivity contribution in [3.8, 4) is 11.6 Å². The van der Waals surface area contributed by atoms with Crippen LogP contribution in [0.15, 0.2) is 24.3 Å². The number of benzene rings is 1. The van der Waals surface area contributed by atoms with E-state index in [0.29, 0.717) is 30.4 Å². The molecule has 0 N–H and O–H groups in total. The number of hydrogen-bond acceptors (Lipinski definition) is 3. The van der Waals surface area contributed by atoms with Crippen LogP contribution in [0.3, 0.4) is 0 Å². The molecule has 1 aromatic carbocycles. The molecule has 0 atom stereocenters. The van der Waals surface area contributed by atoms with Crippen molar-refractivity contribution in [2.24, 2.45) is 0 Å². The first kappa shape index (κ1) is 23.3. The minimum absolute atomic E-state index is 0.342. The normalized spacial score (nSPS) is 11.1. The number of hydrogen-bond donors (Lipinski definition) is 0. The molecule has 0 amide bonds. The van der Waals surface area contributed by atoms with Crippen molar-refractivity contribution in [3.05, 3.63) is 35.0 Å². The smallest absolute Gasteiger partial charge is 0.423 e. The SMILES string of the molecule is CCCCCCCCc1c(OCCCC)c(OCCCC)[n+]([O-])c2ccccc12. The molecule has 0 aliphatic rings. The third-order valence-electron chi connectivity index (χ3n) is 5.36. The highest BCUT2D eigenvalue weighted by atomic mass is 16.6. The van der Waals surface area contributed by atoms with Crippen LogP contribution in [0.25, 0.3) is 10.9 Å². The van der Waals surface area contributed by atoms with Gasteiger partial charge < -0.3 is 14.7 Å². The van der Waals surface area contributed by atoms with Crippen molar-refractivity contribution in [3.63, 3.8) is 0 Å². The summed E-state index contributed by atoms with van der Waals surface area (Å²) in [7, 11) is 0. The monoisotopic (exact) mass is 401 g/mol. The molecule has 0 fully saturated rings. The molecule has 162 valence electrons. The summed E-state index contributed by atoms with van der Waals surface area (Å²) >= 11 is 0. The molecular formula is C25H39NO3. The van der Waals surface area contributed by atoms with Crippen molar-refractivity contribution in [1.29, 1.82) is 0 Å². The average molecular weight is 402 g/mol. The van der Waals surface area contributed by atoms with Crippen LogP contribution in [0.4, 0.5) is 0 Å². The van der Waals surface area contributed by atoms with E-state index in [1.54, 1.807) is 0 Å². The number of rotatable bonds is 15. The van der Waals surface area contributed by atoms with Gasteiger partial charge in [0.1, 0.15) is 0 Å². The maximum Gasteiger partial charge on any atom is 0.423 e. The Morgan fingerprint density at radius 1 is 0.759 bits per heavy atom. The molecule has 0 bridgehead atoms. The summed E-state index contributed by atoms with van der Waals surface area (Å²) in [6.07, 6.45) is 12.4. The zero-order valence-corrected chi connectivity index (χ0v) is 18.7. The van der Waals surface area contributed by atoms with Crippen molar-refractivity contribution < 1.29 is 14.2 Å². The lowest BCUT2D eigenvalue weighted by Crippen LogP contribution is -2.32. The predicted molar refractivity (Wildman–Crippen MR) is 121 cm³/mol. The van der Waals surface area contributed by atoms with Gasteiger partial charge in [-0.2, -0.15) is 0 Å². The van der Waals surface area contributed by atoms with E-state index in [1.165, 1.54) is 32.1 Å². The quantitative estimate of drug-likeness (QED) is 0.189. The first-order valence-electron chi connectivity index (χ1n) is 11.7. The Morgan fingerprint density at radius 3 is 2.10 bits per heavy atom. The maximum atomic E-state index is 13.1. The standard InChI is InChI=1S/C25H39NO3/c1-4-7-10-11-12-13-17-22-21-16-14-15-18-23(21)26(27)25(29-20-9-6-3)24(22)28-19-8-5-2/h14-16,18H,4-13,17,19-20H2,1-3H3. The van der Waals surface area contributed by atoms with Gasteiger partial charge in [0, 0.05) is 11.6 Å². The lowest BCUT2D eigenvalue weighted by atomic mass is 10.0. The molecule has 0 aliphatic heterocycles. The van der Waals surface area contributed by atoms with E-state index in [0.717, 1.165) is 54.2 Å². The molecule has 0 radical (unpaired) electrons. The maximum absolute atomic E-state index is 13.1. The molecule has 4 heteroatoms. The molecule has 0 saturated carbocycles. The second-order valence-corrected chi connectivity index (χ2v) is 7.85. The Kier molecular flexibility index (Phi) is 10.7. The minimum Gasteiger partial charge on any atom is -0.615 e. The fourth-order valence-corrected chi connectivity index (χ4v) is 3.59. The van der Waals surface area contributed by atoms with Crippen molar-refractivity contribution >= 4 is 10.9 Å². The number of aromatic nitrogens is 1. The highest BCUT2D eigenvalue weighted by molar-refractivity contribution is 5.82. The first-order valence-corrected chi connectivity index (χ1v) is 11.7. The summed E-state index contributed by atoms with van der Waals surface area (Å²) in [4.78, 5) is 0. The molecule has 29 heavy (non-hydrogen) atoms. The lowest BCUT2D eigenvalue weighted by Gasteiger charge is -2.18. The third-order valence-corrected chi connectivity index (χ3v) is 5.36. The number of aryl methyl sites for hydroxylation is 1. The van der Waals surface area contributed by atoms with Gasteiger partial charge >= 0.3 is 5.88 Å². The van der Waals surface area contributed by atoms with Gasteiger partial charge in [0.2, 0.25) is 11.3 Å². The van der Waals surface area contributed by atoms with Crippen LogP contribution in [0.1, 0.15) is 90.5 Å². The van der Waals surface area contributed by atoms with Crippen LogP contribution in [-0.2, 0) is 6.42 Å². The summed E-state index contributed by atoms with van der Waals surface area (Å²) in [5, 5.41) is 14.1. The van der Waals surface area contributed by atoms with Crippen molar-refractivity contribution in [2.75, 3.05) is 13.2 Å². The molecule has 4 nitrogen and oxygen atoms in total. The zero-order valence-electron chi connectivity index (χ0n) is 18.7. The molecule has 2 rings (SSSR count). The number of para-hydroxylation sites is 1. The molecule has 1 heterocycles. The second kappa shape index (κ2) is 13.3. The Morgan fingerprint density at radius 2 is 1.38 bits per heavy atom. The summed E-state index contributed by atoms with van der Waals surface area (Å²) in [5.41, 5.74) is 1.80. The lowest BCUT2D eigenvalue weighted by molar-refractivity contribution is -0.585. The van der Waals surface area contributed by atoms with Crippen molar-refractivity contribution in [1.82, 2.24) is 0 Å². The number of fused-ring (bicyclic) bond motifs is 1. The van der Waals surface area contributed by atoms with Crippen LogP contribution < -0.4 is 14.2 Å². The summed E-state index contributed by atoms with van der Waals surface area (Å²) in [5.74, 6) is 1.01. The third kappa shape index (κ3) is 6.80. The minimum atomic E-state index is 0.342. The number of ether oxygens (including phenoxy) is 2. The topological polar surface area (TPSA) is 45.4 Å². The van der Waals surface area contributed by atoms with Crippen LogP contribution in [0.5, 0.6) is 11.6 Å². The first-order chi connectivity index (χ1) is 14.2. The molecule has 0 saturated heterocycles. The van der Waals surface area contributed by atoms with E-state index in [2.05, 4.69) is 20.8 Å². The van der Waals surface area contributed by atoms with Gasteiger partial charge in [-0.3, -0.25) is 0 Å². The predicted octanol–water partition coefficient (Wildman–Crippen LogP) is 6.73. The Bertz CT molecular complexity index is 730. The van der Waals surface area contributed by atoms with E-state index in [-0.39, 0.29) is 0 Å². The molecule has 0 spiro atoms.